The number of carbonyl (C=O) groups excluding carboxylic acids is 1. The zero-order chi connectivity index (χ0) is 7.82. The lowest BCUT2D eigenvalue weighted by atomic mass is 10.3. The van der Waals surface area contributed by atoms with Gasteiger partial charge in [-0.3, -0.25) is 4.79 Å². The first-order chi connectivity index (χ1) is 4.81. The molecular weight excluding hydrogens is 132 g/mol. The summed E-state index contributed by atoms with van der Waals surface area (Å²) >= 11 is 0. The maximum atomic E-state index is 10.5. The van der Waals surface area contributed by atoms with Crippen molar-refractivity contribution in [2.75, 3.05) is 6.54 Å². The van der Waals surface area contributed by atoms with Crippen LogP contribution in [0.25, 0.3) is 0 Å². The molecular formula is C6H12N2O2. The number of oxime groups is 1. The van der Waals surface area contributed by atoms with Gasteiger partial charge in [0.1, 0.15) is 6.21 Å². The molecule has 0 rings (SSSR count). The van der Waals surface area contributed by atoms with Crippen LogP contribution in [0, 0.1) is 0 Å². The summed E-state index contributed by atoms with van der Waals surface area (Å²) in [5.41, 5.74) is 0. The largest absolute Gasteiger partial charge is 0.411 e. The minimum Gasteiger partial charge on any atom is -0.411 e. The highest BCUT2D eigenvalue weighted by Crippen LogP contribution is 1.81. The fourth-order valence-corrected chi connectivity index (χ4v) is 0.486. The summed E-state index contributed by atoms with van der Waals surface area (Å²) in [6.45, 7) is 2.67. The second-order valence-electron chi connectivity index (χ2n) is 1.89. The summed E-state index contributed by atoms with van der Waals surface area (Å²) in [6, 6.07) is 0. The molecule has 4 heteroatoms. The molecule has 0 radical (unpaired) electrons. The van der Waals surface area contributed by atoms with E-state index in [0.717, 1.165) is 19.1 Å². The Morgan fingerprint density at radius 2 is 2.50 bits per heavy atom. The Bertz CT molecular complexity index is 123. The number of amides is 1. The van der Waals surface area contributed by atoms with E-state index in [1.54, 1.807) is 0 Å². The van der Waals surface area contributed by atoms with Gasteiger partial charge < -0.3 is 10.5 Å². The van der Waals surface area contributed by atoms with Gasteiger partial charge in [0.2, 0.25) is 0 Å². The minimum atomic E-state index is -0.351. The average molecular weight is 144 g/mol. The number of rotatable bonds is 4. The molecule has 0 saturated heterocycles. The number of nitrogens with zero attached hydrogens (tertiary/aromatic N) is 1. The normalized spacial score (nSPS) is 10.1. The molecule has 1 amide bonds. The molecule has 0 atom stereocenters. The summed E-state index contributed by atoms with van der Waals surface area (Å²) in [7, 11) is 0. The van der Waals surface area contributed by atoms with Crippen molar-refractivity contribution in [1.82, 2.24) is 5.32 Å². The number of unbranched alkanes of at least 4 members (excludes halogenated alkanes) is 1. The molecule has 0 aromatic heterocycles. The van der Waals surface area contributed by atoms with Crippen LogP contribution in [0.3, 0.4) is 0 Å². The van der Waals surface area contributed by atoms with E-state index in [0.29, 0.717) is 6.54 Å². The summed E-state index contributed by atoms with van der Waals surface area (Å²) in [5, 5.41) is 13.0. The van der Waals surface area contributed by atoms with Crippen molar-refractivity contribution in [3.8, 4) is 0 Å². The predicted molar refractivity (Wildman–Crippen MR) is 38.2 cm³/mol. The molecule has 0 aliphatic heterocycles. The molecule has 0 aliphatic carbocycles. The van der Waals surface area contributed by atoms with Gasteiger partial charge in [0, 0.05) is 6.54 Å². The smallest absolute Gasteiger partial charge is 0.265 e. The van der Waals surface area contributed by atoms with Gasteiger partial charge in [-0.15, -0.1) is 0 Å². The van der Waals surface area contributed by atoms with E-state index in [2.05, 4.69) is 10.5 Å². The second kappa shape index (κ2) is 6.07. The Balaban J connectivity index is 3.22. The van der Waals surface area contributed by atoms with Crippen LogP contribution < -0.4 is 5.32 Å². The summed E-state index contributed by atoms with van der Waals surface area (Å²) < 4.78 is 0. The SMILES string of the molecule is CCCCNC(=O)C=NO. The molecule has 0 aliphatic rings. The van der Waals surface area contributed by atoms with E-state index in [1.807, 2.05) is 6.92 Å². The van der Waals surface area contributed by atoms with Crippen molar-refractivity contribution in [2.24, 2.45) is 5.16 Å². The quantitative estimate of drug-likeness (QED) is 0.259. The van der Waals surface area contributed by atoms with Gasteiger partial charge in [-0.2, -0.15) is 0 Å². The average Bonchev–Trinajstić information content (AvgIpc) is 1.89. The van der Waals surface area contributed by atoms with Crippen molar-refractivity contribution in [2.45, 2.75) is 19.8 Å². The Kier molecular flexibility index (Phi) is 5.42. The van der Waals surface area contributed by atoms with Crippen molar-refractivity contribution in [1.29, 1.82) is 0 Å². The highest BCUT2D eigenvalue weighted by Gasteiger charge is 1.92. The summed E-state index contributed by atoms with van der Waals surface area (Å²) in [6.07, 6.45) is 2.83. The van der Waals surface area contributed by atoms with Gasteiger partial charge in [-0.05, 0) is 6.42 Å². The summed E-state index contributed by atoms with van der Waals surface area (Å²) in [4.78, 5) is 10.5. The lowest BCUT2D eigenvalue weighted by Crippen LogP contribution is -2.25. The molecule has 58 valence electrons. The van der Waals surface area contributed by atoms with Crippen LogP contribution in [0.4, 0.5) is 0 Å². The molecule has 0 bridgehead atoms. The molecule has 0 aromatic carbocycles. The summed E-state index contributed by atoms with van der Waals surface area (Å²) in [5.74, 6) is -0.351. The highest BCUT2D eigenvalue weighted by atomic mass is 16.4. The maximum absolute atomic E-state index is 10.5. The number of nitrogens with one attached hydrogen (secondary N) is 1. The molecule has 0 aromatic rings. The van der Waals surface area contributed by atoms with Crippen LogP contribution in [0.2, 0.25) is 0 Å². The van der Waals surface area contributed by atoms with Crippen molar-refractivity contribution >= 4 is 12.1 Å². The van der Waals surface area contributed by atoms with Crippen LogP contribution in [-0.4, -0.2) is 23.9 Å². The second-order valence-corrected chi connectivity index (χ2v) is 1.89. The molecule has 0 heterocycles. The first-order valence-electron chi connectivity index (χ1n) is 3.26. The Labute approximate surface area is 59.9 Å². The third-order valence-electron chi connectivity index (χ3n) is 1.00. The number of hydrogen-bond acceptors (Lipinski definition) is 3. The van der Waals surface area contributed by atoms with Crippen molar-refractivity contribution in [3.63, 3.8) is 0 Å². The fourth-order valence-electron chi connectivity index (χ4n) is 0.486. The molecule has 2 N–H and O–H groups in total. The number of carbonyl (C=O) groups is 1. The van der Waals surface area contributed by atoms with Crippen molar-refractivity contribution < 1.29 is 10.0 Å². The van der Waals surface area contributed by atoms with E-state index in [-0.39, 0.29) is 5.91 Å². The van der Waals surface area contributed by atoms with Crippen LogP contribution in [0.1, 0.15) is 19.8 Å². The van der Waals surface area contributed by atoms with E-state index in [1.165, 1.54) is 0 Å². The number of hydrogen-bond donors (Lipinski definition) is 2. The Morgan fingerprint density at radius 3 is 3.00 bits per heavy atom. The first-order valence-corrected chi connectivity index (χ1v) is 3.26. The standard InChI is InChI=1S/C6H12N2O2/c1-2-3-4-7-6(9)5-8-10/h5,10H,2-4H2,1H3,(H,7,9). The third-order valence-corrected chi connectivity index (χ3v) is 1.00. The van der Waals surface area contributed by atoms with Crippen LogP contribution in [0.15, 0.2) is 5.16 Å². The monoisotopic (exact) mass is 144 g/mol. The topological polar surface area (TPSA) is 61.7 Å². The molecule has 0 saturated carbocycles. The highest BCUT2D eigenvalue weighted by molar-refractivity contribution is 6.25. The fraction of sp³-hybridized carbons (Fsp3) is 0.667. The zero-order valence-electron chi connectivity index (χ0n) is 6.00. The van der Waals surface area contributed by atoms with Gasteiger partial charge in [0.05, 0.1) is 0 Å². The van der Waals surface area contributed by atoms with Gasteiger partial charge in [0.25, 0.3) is 5.91 Å². The molecule has 0 spiro atoms. The van der Waals surface area contributed by atoms with Gasteiger partial charge >= 0.3 is 0 Å². The Hall–Kier alpha value is -1.06. The predicted octanol–water partition coefficient (Wildman–Crippen LogP) is 0.363. The maximum Gasteiger partial charge on any atom is 0.265 e. The lowest BCUT2D eigenvalue weighted by Gasteiger charge is -1.96. The van der Waals surface area contributed by atoms with Crippen LogP contribution >= 0.6 is 0 Å². The molecule has 0 unspecified atom stereocenters. The molecule has 0 fully saturated rings. The lowest BCUT2D eigenvalue weighted by molar-refractivity contribution is -0.114. The minimum absolute atomic E-state index is 0.351. The van der Waals surface area contributed by atoms with Gasteiger partial charge in [-0.1, -0.05) is 18.5 Å². The Morgan fingerprint density at radius 1 is 1.80 bits per heavy atom. The van der Waals surface area contributed by atoms with Gasteiger partial charge in [-0.25, -0.2) is 0 Å². The van der Waals surface area contributed by atoms with Crippen LogP contribution in [-0.2, 0) is 4.79 Å². The van der Waals surface area contributed by atoms with E-state index < -0.39 is 0 Å². The van der Waals surface area contributed by atoms with Crippen molar-refractivity contribution in [3.05, 3.63) is 0 Å². The zero-order valence-corrected chi connectivity index (χ0v) is 6.00. The van der Waals surface area contributed by atoms with E-state index >= 15 is 0 Å². The van der Waals surface area contributed by atoms with Crippen LogP contribution in [0.5, 0.6) is 0 Å². The molecule has 10 heavy (non-hydrogen) atoms. The van der Waals surface area contributed by atoms with Gasteiger partial charge in [0.15, 0.2) is 0 Å². The van der Waals surface area contributed by atoms with E-state index in [4.69, 9.17) is 5.21 Å². The molecule has 4 nitrogen and oxygen atoms in total. The van der Waals surface area contributed by atoms with E-state index in [9.17, 15) is 4.79 Å². The first kappa shape index (κ1) is 8.94. The third kappa shape index (κ3) is 5.08.